The molecular formula is C60H78. The monoisotopic (exact) mass is 799 g/mol. The van der Waals surface area contributed by atoms with E-state index < -0.39 is 0 Å². The maximum atomic E-state index is 2.81. The third-order valence-electron chi connectivity index (χ3n) is 35.5. The van der Waals surface area contributed by atoms with Crippen LogP contribution in [0.4, 0.5) is 0 Å². The minimum atomic E-state index is 0.767. The van der Waals surface area contributed by atoms with Gasteiger partial charge >= 0.3 is 0 Å². The Labute approximate surface area is 362 Å². The van der Waals surface area contributed by atoms with Crippen LogP contribution in [0.2, 0.25) is 0 Å². The molecule has 0 saturated heterocycles. The smallest absolute Gasteiger partial charge is 0.00108 e. The molecule has 22 saturated carbocycles. The number of hydrogen-bond acceptors (Lipinski definition) is 0. The summed E-state index contributed by atoms with van der Waals surface area (Å²) in [5.41, 5.74) is 13.6. The summed E-state index contributed by atoms with van der Waals surface area (Å²) in [4.78, 5) is 0. The average Bonchev–Trinajstić information content (AvgIpc) is 3.17. The minimum Gasteiger partial charge on any atom is -0.0654 e. The summed E-state index contributed by atoms with van der Waals surface area (Å²) in [5.74, 6) is 16.6. The lowest BCUT2D eigenvalue weighted by molar-refractivity contribution is -1.08. The first kappa shape index (κ1) is 31.8. The standard InChI is InChI=1S/C60H78/c1-5-11-37-41-42-38-14-9-12-31-18-25-46(38)51-27-20-35(31)36-21-28-52(51)47-26-19-32(36)13-10-15-39(47)43-44-40-29-33-16-17-34(33)30-48(40)50(24-8-4)49(23-7-3)45(37,22-6-2)53(41)54(42,46)59(51)57(49,53)58(50)56(44,48)55(43,47)60(52,58)59/h31-44H,5-30H2,1-4H3. The summed E-state index contributed by atoms with van der Waals surface area (Å²) in [7, 11) is 0. The molecule has 0 N–H and O–H groups in total. The molecule has 22 aliphatic rings. The topological polar surface area (TPSA) is 0 Å². The average molecular weight is 799 g/mol. The van der Waals surface area contributed by atoms with Crippen molar-refractivity contribution in [1.29, 1.82) is 0 Å². The van der Waals surface area contributed by atoms with E-state index in [4.69, 9.17) is 0 Å². The molecule has 0 aliphatic heterocycles. The molecule has 22 aliphatic carbocycles. The van der Waals surface area contributed by atoms with Crippen molar-refractivity contribution >= 4 is 0 Å². The molecule has 0 amide bonds. The summed E-state index contributed by atoms with van der Waals surface area (Å²) in [5, 5.41) is 0. The van der Waals surface area contributed by atoms with E-state index >= 15 is 0 Å². The molecule has 22 fully saturated rings. The zero-order chi connectivity index (χ0) is 38.5. The Bertz CT molecular complexity index is 2170. The molecule has 0 nitrogen and oxygen atoms in total. The van der Waals surface area contributed by atoms with E-state index in [-0.39, 0.29) is 0 Å². The van der Waals surface area contributed by atoms with Gasteiger partial charge in [-0.15, -0.1) is 0 Å². The first-order valence-corrected chi connectivity index (χ1v) is 29.5. The van der Waals surface area contributed by atoms with Gasteiger partial charge < -0.3 is 0 Å². The lowest BCUT2D eigenvalue weighted by Crippen LogP contribution is -3.51. The fourth-order valence-electron chi connectivity index (χ4n) is 41.2. The Morgan fingerprint density at radius 1 is 0.417 bits per heavy atom. The lowest BCUT2D eigenvalue weighted by Gasteiger charge is -3.52. The molecule has 318 valence electrons. The number of hydrogen-bond donors (Lipinski definition) is 0. The van der Waals surface area contributed by atoms with Gasteiger partial charge in [0.25, 0.3) is 0 Å². The zero-order valence-corrected chi connectivity index (χ0v) is 38.5. The molecule has 0 heterocycles. The Balaban J connectivity index is 0.937. The van der Waals surface area contributed by atoms with E-state index in [1.165, 1.54) is 60.2 Å². The lowest BCUT2D eigenvalue weighted by atomic mass is 8.50. The van der Waals surface area contributed by atoms with Crippen LogP contribution in [0.5, 0.6) is 0 Å². The third-order valence-corrected chi connectivity index (χ3v) is 35.5. The predicted octanol–water partition coefficient (Wildman–Crippen LogP) is 13.9. The summed E-state index contributed by atoms with van der Waals surface area (Å²) >= 11 is 0. The molecule has 0 heteroatoms. The van der Waals surface area contributed by atoms with Gasteiger partial charge in [-0.3, -0.25) is 0 Å². The van der Waals surface area contributed by atoms with Crippen LogP contribution in [0.25, 0.3) is 0 Å². The summed E-state index contributed by atoms with van der Waals surface area (Å²) in [6, 6.07) is 0. The molecule has 0 aromatic carbocycles. The van der Waals surface area contributed by atoms with Crippen molar-refractivity contribution in [3.05, 3.63) is 0 Å². The Hall–Kier alpha value is 0. The quantitative estimate of drug-likeness (QED) is 0.229. The molecule has 30 unspecified atom stereocenters. The van der Waals surface area contributed by atoms with Crippen molar-refractivity contribution < 1.29 is 0 Å². The summed E-state index contributed by atoms with van der Waals surface area (Å²) < 4.78 is 0. The van der Waals surface area contributed by atoms with Crippen molar-refractivity contribution in [2.75, 3.05) is 0 Å². The van der Waals surface area contributed by atoms with Gasteiger partial charge in [-0.05, 0) is 285 Å². The van der Waals surface area contributed by atoms with Crippen molar-refractivity contribution in [3.63, 3.8) is 0 Å². The second kappa shape index (κ2) is 7.38. The molecule has 8 bridgehead atoms. The van der Waals surface area contributed by atoms with Gasteiger partial charge in [-0.1, -0.05) is 79.1 Å². The van der Waals surface area contributed by atoms with Crippen LogP contribution in [-0.4, -0.2) is 0 Å². The first-order chi connectivity index (χ1) is 29.5. The molecule has 60 heavy (non-hydrogen) atoms. The molecular weight excluding hydrogens is 721 g/mol. The van der Waals surface area contributed by atoms with E-state index in [1.54, 1.807) is 122 Å². The Kier molecular flexibility index (Phi) is 3.92. The molecule has 0 aromatic rings. The van der Waals surface area contributed by atoms with Crippen molar-refractivity contribution in [2.24, 2.45) is 169 Å². The normalized spacial score (nSPS) is 85.4. The molecule has 13 spiro atoms. The van der Waals surface area contributed by atoms with Crippen molar-refractivity contribution in [1.82, 2.24) is 0 Å². The maximum Gasteiger partial charge on any atom is -0.00108 e. The molecule has 0 aromatic heterocycles. The highest BCUT2D eigenvalue weighted by Crippen LogP contribution is 3.55. The Morgan fingerprint density at radius 2 is 0.983 bits per heavy atom. The van der Waals surface area contributed by atoms with Gasteiger partial charge in [0.05, 0.1) is 0 Å². The van der Waals surface area contributed by atoms with E-state index in [9.17, 15) is 0 Å². The summed E-state index contributed by atoms with van der Waals surface area (Å²) in [6.45, 7) is 11.1. The van der Waals surface area contributed by atoms with Gasteiger partial charge in [0.2, 0.25) is 0 Å². The Morgan fingerprint density at radius 3 is 1.60 bits per heavy atom. The van der Waals surface area contributed by atoms with Crippen LogP contribution in [0.3, 0.4) is 0 Å². The van der Waals surface area contributed by atoms with Crippen LogP contribution in [0, 0.1) is 169 Å². The number of fused-ring (bicyclic) bond motifs is 19. The highest BCUT2D eigenvalue weighted by Gasteiger charge is 3.53. The van der Waals surface area contributed by atoms with E-state index in [0.29, 0.717) is 0 Å². The van der Waals surface area contributed by atoms with Gasteiger partial charge in [0, 0.05) is 0 Å². The maximum absolute atomic E-state index is 2.81. The fourth-order valence-corrected chi connectivity index (χ4v) is 41.2. The third kappa shape index (κ3) is 1.38. The van der Waals surface area contributed by atoms with Crippen molar-refractivity contribution in [3.8, 4) is 0 Å². The molecule has 22 rings (SSSR count). The van der Waals surface area contributed by atoms with Crippen LogP contribution < -0.4 is 0 Å². The fraction of sp³-hybridized carbons (Fsp3) is 1.00. The highest BCUT2D eigenvalue weighted by molar-refractivity contribution is 5.98. The van der Waals surface area contributed by atoms with Crippen LogP contribution in [0.15, 0.2) is 0 Å². The zero-order valence-electron chi connectivity index (χ0n) is 38.5. The second-order valence-electron chi connectivity index (χ2n) is 30.7. The SMILES string of the molecule is CCCC1C2C3C4CCCC5CCC46C47CCC5C5CCC48C49CCC5CCCC4C4C5C%10CC%11CCC%11CC%10%11C%10(CCC)C%12(CCC)C1(CCC)C21C36C72C%121C%101C5%11C49C821. The van der Waals surface area contributed by atoms with Crippen LogP contribution >= 0.6 is 0 Å². The van der Waals surface area contributed by atoms with Crippen LogP contribution in [-0.2, 0) is 0 Å². The number of rotatable bonds is 8. The van der Waals surface area contributed by atoms with Gasteiger partial charge in [0.15, 0.2) is 0 Å². The van der Waals surface area contributed by atoms with Gasteiger partial charge in [-0.25, -0.2) is 0 Å². The molecule has 0 radical (unpaired) electrons. The second-order valence-corrected chi connectivity index (χ2v) is 30.7. The van der Waals surface area contributed by atoms with Gasteiger partial charge in [-0.2, -0.15) is 0 Å². The molecule has 30 atom stereocenters. The minimum absolute atomic E-state index is 0.767. The van der Waals surface area contributed by atoms with Crippen LogP contribution in [0.1, 0.15) is 195 Å². The van der Waals surface area contributed by atoms with E-state index in [2.05, 4.69) is 27.7 Å². The van der Waals surface area contributed by atoms with Gasteiger partial charge in [0.1, 0.15) is 0 Å². The predicted molar refractivity (Wildman–Crippen MR) is 231 cm³/mol. The first-order valence-electron chi connectivity index (χ1n) is 29.5. The van der Waals surface area contributed by atoms with E-state index in [1.807, 2.05) is 32.1 Å². The van der Waals surface area contributed by atoms with E-state index in [0.717, 1.165) is 122 Å². The highest BCUT2D eigenvalue weighted by atomic mass is 15.6. The van der Waals surface area contributed by atoms with Crippen molar-refractivity contribution in [2.45, 2.75) is 195 Å². The summed E-state index contributed by atoms with van der Waals surface area (Å²) in [6.07, 6.45) is 44.4. The largest absolute Gasteiger partial charge is 0.0654 e.